The van der Waals surface area contributed by atoms with E-state index in [-0.39, 0.29) is 11.1 Å². The van der Waals surface area contributed by atoms with E-state index in [4.69, 9.17) is 0 Å². The number of pyridine rings is 3. The normalized spacial score (nSPS) is 11.8. The van der Waals surface area contributed by atoms with Crippen LogP contribution in [-0.2, 0) is 0 Å². The number of rotatable bonds is 0. The molecule has 0 atom stereocenters. The Balaban J connectivity index is 2.33. The minimum absolute atomic E-state index is 0.278. The van der Waals surface area contributed by atoms with Crippen molar-refractivity contribution in [2.24, 2.45) is 0 Å². The lowest BCUT2D eigenvalue weighted by Gasteiger charge is -2.11. The standard InChI is InChI=1S/C19H10N2O2/c22-18-15-5-2-1-4-11(15)13-6-3-7-14-12-8-9-20-10-16(12)19(23)21(18)17(13)14/h1-10H. The predicted molar refractivity (Wildman–Crippen MR) is 91.4 cm³/mol. The van der Waals surface area contributed by atoms with Crippen LogP contribution in [0.2, 0.25) is 0 Å². The van der Waals surface area contributed by atoms with Crippen molar-refractivity contribution in [2.45, 2.75) is 0 Å². The predicted octanol–water partition coefficient (Wildman–Crippen LogP) is 2.95. The van der Waals surface area contributed by atoms with E-state index in [2.05, 4.69) is 4.98 Å². The number of aromatic nitrogens is 2. The Morgan fingerprint density at radius 1 is 0.652 bits per heavy atom. The maximum absolute atomic E-state index is 12.9. The zero-order valence-electron chi connectivity index (χ0n) is 12.0. The van der Waals surface area contributed by atoms with Crippen molar-refractivity contribution < 1.29 is 0 Å². The van der Waals surface area contributed by atoms with E-state index in [1.54, 1.807) is 12.3 Å². The van der Waals surface area contributed by atoms with E-state index in [1.807, 2.05) is 42.5 Å². The molecular formula is C19H10N2O2. The van der Waals surface area contributed by atoms with Crippen LogP contribution in [0.5, 0.6) is 0 Å². The molecule has 0 amide bonds. The molecule has 3 aromatic heterocycles. The quantitative estimate of drug-likeness (QED) is 0.326. The average Bonchev–Trinajstić information content (AvgIpc) is 2.61. The number of fused-ring (bicyclic) bond motifs is 4. The van der Waals surface area contributed by atoms with Gasteiger partial charge >= 0.3 is 0 Å². The van der Waals surface area contributed by atoms with Crippen LogP contribution in [0.25, 0.3) is 37.8 Å². The molecule has 108 valence electrons. The van der Waals surface area contributed by atoms with Crippen molar-refractivity contribution in [3.05, 3.63) is 81.6 Å². The third kappa shape index (κ3) is 1.42. The molecule has 0 N–H and O–H groups in total. The fourth-order valence-corrected chi connectivity index (χ4v) is 3.46. The summed E-state index contributed by atoms with van der Waals surface area (Å²) in [7, 11) is 0. The van der Waals surface area contributed by atoms with E-state index in [1.165, 1.54) is 10.6 Å². The van der Waals surface area contributed by atoms with Crippen LogP contribution in [-0.4, -0.2) is 9.38 Å². The molecule has 0 radical (unpaired) electrons. The molecule has 0 saturated carbocycles. The minimum atomic E-state index is -0.312. The summed E-state index contributed by atoms with van der Waals surface area (Å²) >= 11 is 0. The summed E-state index contributed by atoms with van der Waals surface area (Å²) in [4.78, 5) is 29.8. The molecule has 3 heterocycles. The van der Waals surface area contributed by atoms with Crippen molar-refractivity contribution in [1.29, 1.82) is 0 Å². The monoisotopic (exact) mass is 298 g/mol. The summed E-state index contributed by atoms with van der Waals surface area (Å²) in [5.41, 5.74) is 0.0903. The molecule has 5 aromatic rings. The largest absolute Gasteiger partial charge is 0.268 e. The minimum Gasteiger partial charge on any atom is -0.268 e. The summed E-state index contributed by atoms with van der Waals surface area (Å²) in [5.74, 6) is 0. The van der Waals surface area contributed by atoms with Gasteiger partial charge in [-0.3, -0.25) is 14.6 Å². The molecule has 2 aromatic carbocycles. The first-order valence-corrected chi connectivity index (χ1v) is 7.33. The van der Waals surface area contributed by atoms with Crippen LogP contribution >= 0.6 is 0 Å². The third-order valence-electron chi connectivity index (χ3n) is 4.46. The highest BCUT2D eigenvalue weighted by Gasteiger charge is 2.16. The highest BCUT2D eigenvalue weighted by atomic mass is 16.2. The third-order valence-corrected chi connectivity index (χ3v) is 4.46. The molecule has 0 aliphatic heterocycles. The molecule has 0 spiro atoms. The zero-order valence-corrected chi connectivity index (χ0v) is 12.0. The molecule has 0 aliphatic carbocycles. The van der Waals surface area contributed by atoms with Gasteiger partial charge in [-0.2, -0.15) is 0 Å². The Morgan fingerprint density at radius 3 is 2.04 bits per heavy atom. The second-order valence-corrected chi connectivity index (χ2v) is 5.61. The van der Waals surface area contributed by atoms with E-state index >= 15 is 0 Å². The molecule has 0 aliphatic rings. The van der Waals surface area contributed by atoms with Gasteiger partial charge in [-0.25, -0.2) is 4.40 Å². The number of hydrogen-bond acceptors (Lipinski definition) is 3. The van der Waals surface area contributed by atoms with Crippen LogP contribution in [0.4, 0.5) is 0 Å². The van der Waals surface area contributed by atoms with Gasteiger partial charge in [0.15, 0.2) is 0 Å². The summed E-state index contributed by atoms with van der Waals surface area (Å²) in [5, 5.41) is 4.51. The van der Waals surface area contributed by atoms with Gasteiger partial charge in [0.05, 0.1) is 10.9 Å². The lowest BCUT2D eigenvalue weighted by Crippen LogP contribution is -2.27. The molecule has 0 fully saturated rings. The van der Waals surface area contributed by atoms with Gasteiger partial charge in [0.25, 0.3) is 11.1 Å². The Hall–Kier alpha value is -3.27. The van der Waals surface area contributed by atoms with E-state index < -0.39 is 0 Å². The van der Waals surface area contributed by atoms with Crippen LogP contribution in [0.1, 0.15) is 0 Å². The lowest BCUT2D eigenvalue weighted by molar-refractivity contribution is 1.08. The highest BCUT2D eigenvalue weighted by Crippen LogP contribution is 2.29. The first kappa shape index (κ1) is 12.3. The van der Waals surface area contributed by atoms with Crippen molar-refractivity contribution in [2.75, 3.05) is 0 Å². The van der Waals surface area contributed by atoms with Gasteiger partial charge in [-0.15, -0.1) is 0 Å². The first-order valence-electron chi connectivity index (χ1n) is 7.33. The van der Waals surface area contributed by atoms with Gasteiger partial charge in [0, 0.05) is 28.6 Å². The Bertz CT molecular complexity index is 1250. The Morgan fingerprint density at radius 2 is 1.26 bits per heavy atom. The van der Waals surface area contributed by atoms with Crippen molar-refractivity contribution in [3.8, 4) is 0 Å². The molecule has 0 bridgehead atoms. The summed E-state index contributed by atoms with van der Waals surface area (Å²) in [6, 6.07) is 15.1. The number of para-hydroxylation sites is 1. The maximum atomic E-state index is 12.9. The number of hydrogen-bond donors (Lipinski definition) is 0. The fourth-order valence-electron chi connectivity index (χ4n) is 3.46. The lowest BCUT2D eigenvalue weighted by atomic mass is 10.0. The van der Waals surface area contributed by atoms with Crippen LogP contribution in [0.3, 0.4) is 0 Å². The second kappa shape index (κ2) is 4.14. The van der Waals surface area contributed by atoms with Crippen molar-refractivity contribution in [3.63, 3.8) is 0 Å². The van der Waals surface area contributed by atoms with Crippen LogP contribution < -0.4 is 11.1 Å². The van der Waals surface area contributed by atoms with Crippen molar-refractivity contribution >= 4 is 37.8 Å². The summed E-state index contributed by atoms with van der Waals surface area (Å²) < 4.78 is 1.29. The van der Waals surface area contributed by atoms with Gasteiger partial charge < -0.3 is 0 Å². The molecule has 23 heavy (non-hydrogen) atoms. The smallest absolute Gasteiger partial charge is 0.267 e. The zero-order chi connectivity index (χ0) is 15.6. The van der Waals surface area contributed by atoms with Crippen LogP contribution in [0.15, 0.2) is 70.5 Å². The Labute approximate surface area is 129 Å². The maximum Gasteiger partial charge on any atom is 0.267 e. The Kier molecular flexibility index (Phi) is 2.21. The molecule has 4 heteroatoms. The van der Waals surface area contributed by atoms with Crippen molar-refractivity contribution in [1.82, 2.24) is 9.38 Å². The number of benzene rings is 2. The topological polar surface area (TPSA) is 51.4 Å². The molecule has 4 nitrogen and oxygen atoms in total. The fraction of sp³-hybridized carbons (Fsp3) is 0. The van der Waals surface area contributed by atoms with E-state index in [0.29, 0.717) is 16.3 Å². The van der Waals surface area contributed by atoms with Crippen LogP contribution in [0, 0.1) is 0 Å². The SMILES string of the molecule is O=c1c2ccccc2c2cccc3c4ccncc4c(=O)n1c23. The van der Waals surface area contributed by atoms with Gasteiger partial charge in [-0.1, -0.05) is 36.4 Å². The molecule has 0 unspecified atom stereocenters. The van der Waals surface area contributed by atoms with E-state index in [9.17, 15) is 9.59 Å². The second-order valence-electron chi connectivity index (χ2n) is 5.61. The molecule has 5 rings (SSSR count). The van der Waals surface area contributed by atoms with Gasteiger partial charge in [0.2, 0.25) is 0 Å². The summed E-state index contributed by atoms with van der Waals surface area (Å²) in [6.07, 6.45) is 3.20. The van der Waals surface area contributed by atoms with E-state index in [0.717, 1.165) is 21.5 Å². The molecular weight excluding hydrogens is 288 g/mol. The molecule has 0 saturated heterocycles. The average molecular weight is 298 g/mol. The van der Waals surface area contributed by atoms with Gasteiger partial charge in [0.1, 0.15) is 0 Å². The first-order chi connectivity index (χ1) is 11.3. The highest BCUT2D eigenvalue weighted by molar-refractivity contribution is 6.17. The van der Waals surface area contributed by atoms with Gasteiger partial charge in [-0.05, 0) is 22.9 Å². The summed E-state index contributed by atoms with van der Waals surface area (Å²) in [6.45, 7) is 0. The number of nitrogens with zero attached hydrogens (tertiary/aromatic N) is 2.